The van der Waals surface area contributed by atoms with E-state index < -0.39 is 6.16 Å². The largest absolute Gasteiger partial charge is 0.508 e. The first kappa shape index (κ1) is 10.2. The van der Waals surface area contributed by atoms with Gasteiger partial charge in [-0.1, -0.05) is 35.2 Å². The lowest BCUT2D eigenvalue weighted by Gasteiger charge is -2.01. The number of ether oxygens (including phenoxy) is 2. The zero-order valence-electron chi connectivity index (χ0n) is 6.01. The summed E-state index contributed by atoms with van der Waals surface area (Å²) in [5.41, 5.74) is 0. The van der Waals surface area contributed by atoms with E-state index in [1.165, 1.54) is 6.08 Å². The third kappa shape index (κ3) is 7.12. The van der Waals surface area contributed by atoms with Crippen LogP contribution in [0, 0.1) is 0 Å². The highest BCUT2D eigenvalue weighted by Gasteiger charge is 2.00. The zero-order valence-corrected chi connectivity index (χ0v) is 7.59. The summed E-state index contributed by atoms with van der Waals surface area (Å²) in [5, 5.41) is 0. The van der Waals surface area contributed by atoms with E-state index in [-0.39, 0.29) is 13.2 Å². The van der Waals surface area contributed by atoms with E-state index in [4.69, 9.17) is 0 Å². The normalized spacial score (nSPS) is 8.45. The van der Waals surface area contributed by atoms with E-state index >= 15 is 0 Å². The SMILES string of the molecule is C=CCOC(=O)OCC(=C)Br. The number of carbonyl (C=O) groups excluding carboxylic acids is 1. The molecule has 0 aliphatic heterocycles. The van der Waals surface area contributed by atoms with Gasteiger partial charge in [0, 0.05) is 4.48 Å². The lowest BCUT2D eigenvalue weighted by Crippen LogP contribution is -2.07. The van der Waals surface area contributed by atoms with Crippen molar-refractivity contribution in [2.24, 2.45) is 0 Å². The molecular weight excluding hydrogens is 212 g/mol. The Kier molecular flexibility index (Phi) is 5.56. The summed E-state index contributed by atoms with van der Waals surface area (Å²) in [4.78, 5) is 10.6. The first-order valence-corrected chi connectivity index (χ1v) is 3.70. The Morgan fingerprint density at radius 3 is 2.64 bits per heavy atom. The second kappa shape index (κ2) is 5.97. The summed E-state index contributed by atoms with van der Waals surface area (Å²) in [5.74, 6) is 0. The van der Waals surface area contributed by atoms with Crippen LogP contribution in [0.4, 0.5) is 4.79 Å². The van der Waals surface area contributed by atoms with Gasteiger partial charge in [0.1, 0.15) is 13.2 Å². The maximum atomic E-state index is 10.6. The standard InChI is InChI=1S/C7H9BrO3/c1-3-4-10-7(9)11-5-6(2)8/h3H,1-2,4-5H2. The zero-order chi connectivity index (χ0) is 8.69. The Morgan fingerprint density at radius 1 is 1.55 bits per heavy atom. The smallest absolute Gasteiger partial charge is 0.430 e. The molecule has 11 heavy (non-hydrogen) atoms. The quantitative estimate of drug-likeness (QED) is 0.539. The Bertz CT molecular complexity index is 165. The molecule has 0 fully saturated rings. The molecule has 62 valence electrons. The minimum Gasteiger partial charge on any atom is -0.430 e. The monoisotopic (exact) mass is 220 g/mol. The molecule has 0 bridgehead atoms. The molecule has 0 saturated carbocycles. The van der Waals surface area contributed by atoms with Gasteiger partial charge in [-0.15, -0.1) is 0 Å². The Morgan fingerprint density at radius 2 is 2.18 bits per heavy atom. The van der Waals surface area contributed by atoms with Crippen LogP contribution < -0.4 is 0 Å². The summed E-state index contributed by atoms with van der Waals surface area (Å²) in [6.45, 7) is 7.12. The lowest BCUT2D eigenvalue weighted by molar-refractivity contribution is 0.0714. The van der Waals surface area contributed by atoms with Crippen LogP contribution in [0.15, 0.2) is 23.7 Å². The molecule has 0 saturated heterocycles. The number of halogens is 1. The number of hydrogen-bond donors (Lipinski definition) is 0. The van der Waals surface area contributed by atoms with Crippen molar-refractivity contribution >= 4 is 22.1 Å². The van der Waals surface area contributed by atoms with Crippen LogP contribution in [-0.2, 0) is 9.47 Å². The fraction of sp³-hybridized carbons (Fsp3) is 0.286. The van der Waals surface area contributed by atoms with Crippen LogP contribution >= 0.6 is 15.9 Å². The first-order valence-electron chi connectivity index (χ1n) is 2.90. The van der Waals surface area contributed by atoms with Gasteiger partial charge >= 0.3 is 6.16 Å². The predicted octanol–water partition coefficient (Wildman–Crippen LogP) is 2.23. The van der Waals surface area contributed by atoms with Crippen molar-refractivity contribution in [1.29, 1.82) is 0 Å². The maximum Gasteiger partial charge on any atom is 0.508 e. The summed E-state index contributed by atoms with van der Waals surface area (Å²) < 4.78 is 9.64. The van der Waals surface area contributed by atoms with Crippen molar-refractivity contribution < 1.29 is 14.3 Å². The number of rotatable bonds is 4. The molecule has 0 N–H and O–H groups in total. The topological polar surface area (TPSA) is 35.5 Å². The summed E-state index contributed by atoms with van der Waals surface area (Å²) in [6.07, 6.45) is 0.745. The van der Waals surface area contributed by atoms with Crippen molar-refractivity contribution in [1.82, 2.24) is 0 Å². The molecule has 0 unspecified atom stereocenters. The van der Waals surface area contributed by atoms with Gasteiger partial charge in [-0.2, -0.15) is 0 Å². The highest BCUT2D eigenvalue weighted by Crippen LogP contribution is 2.00. The molecule has 0 aromatic heterocycles. The van der Waals surface area contributed by atoms with E-state index in [9.17, 15) is 4.79 Å². The second-order valence-electron chi connectivity index (χ2n) is 1.66. The molecule has 0 rings (SSSR count). The minimum absolute atomic E-state index is 0.121. The molecule has 0 aliphatic rings. The second-order valence-corrected chi connectivity index (χ2v) is 2.78. The van der Waals surface area contributed by atoms with Crippen molar-refractivity contribution in [2.45, 2.75) is 0 Å². The molecule has 0 aromatic rings. The molecular formula is C7H9BrO3. The predicted molar refractivity (Wildman–Crippen MR) is 45.6 cm³/mol. The van der Waals surface area contributed by atoms with Crippen LogP contribution in [0.3, 0.4) is 0 Å². The highest BCUT2D eigenvalue weighted by atomic mass is 79.9. The van der Waals surface area contributed by atoms with Crippen molar-refractivity contribution in [3.05, 3.63) is 23.7 Å². The molecule has 0 radical (unpaired) electrons. The van der Waals surface area contributed by atoms with Gasteiger partial charge in [-0.25, -0.2) is 4.79 Å². The van der Waals surface area contributed by atoms with Crippen LogP contribution in [0.25, 0.3) is 0 Å². The van der Waals surface area contributed by atoms with E-state index in [1.54, 1.807) is 0 Å². The average molecular weight is 221 g/mol. The average Bonchev–Trinajstić information content (AvgIpc) is 1.97. The van der Waals surface area contributed by atoms with E-state index in [0.29, 0.717) is 4.48 Å². The van der Waals surface area contributed by atoms with Gasteiger partial charge in [-0.05, 0) is 0 Å². The first-order chi connectivity index (χ1) is 5.16. The van der Waals surface area contributed by atoms with E-state index in [2.05, 4.69) is 38.6 Å². The van der Waals surface area contributed by atoms with Gasteiger partial charge < -0.3 is 9.47 Å². The molecule has 0 aliphatic carbocycles. The van der Waals surface area contributed by atoms with E-state index in [1.807, 2.05) is 0 Å². The van der Waals surface area contributed by atoms with Gasteiger partial charge in [0.05, 0.1) is 0 Å². The van der Waals surface area contributed by atoms with E-state index in [0.717, 1.165) is 0 Å². The fourth-order valence-corrected chi connectivity index (χ4v) is 0.420. The summed E-state index contributed by atoms with van der Waals surface area (Å²) >= 11 is 3.02. The number of carbonyl (C=O) groups is 1. The minimum atomic E-state index is -0.717. The molecule has 0 aromatic carbocycles. The molecule has 0 amide bonds. The fourth-order valence-electron chi connectivity index (χ4n) is 0.306. The van der Waals surface area contributed by atoms with Crippen LogP contribution in [0.1, 0.15) is 0 Å². The van der Waals surface area contributed by atoms with Gasteiger partial charge in [-0.3, -0.25) is 0 Å². The lowest BCUT2D eigenvalue weighted by atomic mass is 10.7. The Balaban J connectivity index is 3.37. The number of hydrogen-bond acceptors (Lipinski definition) is 3. The molecule has 3 nitrogen and oxygen atoms in total. The van der Waals surface area contributed by atoms with Crippen molar-refractivity contribution in [3.63, 3.8) is 0 Å². The van der Waals surface area contributed by atoms with Crippen molar-refractivity contribution in [3.8, 4) is 0 Å². The molecule has 0 heterocycles. The summed E-state index contributed by atoms with van der Waals surface area (Å²) in [7, 11) is 0. The van der Waals surface area contributed by atoms with Crippen LogP contribution in [0.5, 0.6) is 0 Å². The summed E-state index contributed by atoms with van der Waals surface area (Å²) in [6, 6.07) is 0. The third-order valence-electron chi connectivity index (χ3n) is 0.666. The molecule has 4 heteroatoms. The Hall–Kier alpha value is -0.770. The van der Waals surface area contributed by atoms with Crippen LogP contribution in [0.2, 0.25) is 0 Å². The van der Waals surface area contributed by atoms with Gasteiger partial charge in [0.2, 0.25) is 0 Å². The van der Waals surface area contributed by atoms with Crippen LogP contribution in [-0.4, -0.2) is 19.4 Å². The molecule has 0 spiro atoms. The van der Waals surface area contributed by atoms with Gasteiger partial charge in [0.15, 0.2) is 0 Å². The molecule has 0 atom stereocenters. The third-order valence-corrected chi connectivity index (χ3v) is 0.895. The Labute approximate surface area is 73.8 Å². The van der Waals surface area contributed by atoms with Crippen molar-refractivity contribution in [2.75, 3.05) is 13.2 Å². The highest BCUT2D eigenvalue weighted by molar-refractivity contribution is 9.11. The maximum absolute atomic E-state index is 10.6. The van der Waals surface area contributed by atoms with Gasteiger partial charge in [0.25, 0.3) is 0 Å².